The molecular formula is C25H19ClN2OS. The lowest BCUT2D eigenvalue weighted by Gasteiger charge is -2.24. The summed E-state index contributed by atoms with van der Waals surface area (Å²) < 4.78 is 0. The lowest BCUT2D eigenvalue weighted by molar-refractivity contribution is 0.103. The average Bonchev–Trinajstić information content (AvgIpc) is 3.05. The first-order valence-corrected chi connectivity index (χ1v) is 11.1. The van der Waals surface area contributed by atoms with Gasteiger partial charge in [0, 0.05) is 21.9 Å². The third-order valence-corrected chi connectivity index (χ3v) is 6.56. The van der Waals surface area contributed by atoms with Gasteiger partial charge in [0.05, 0.1) is 11.3 Å². The first-order valence-electron chi connectivity index (χ1n) is 9.77. The molecule has 1 aliphatic heterocycles. The number of nitrogens with zero attached hydrogens (tertiary/aromatic N) is 1. The summed E-state index contributed by atoms with van der Waals surface area (Å²) in [5, 5.41) is 4.97. The first kappa shape index (κ1) is 19.2. The molecule has 30 heavy (non-hydrogen) atoms. The van der Waals surface area contributed by atoms with Gasteiger partial charge in [-0.25, -0.2) is 4.99 Å². The summed E-state index contributed by atoms with van der Waals surface area (Å²) >= 11 is 7.75. The molecule has 148 valence electrons. The molecule has 0 amide bonds. The Morgan fingerprint density at radius 3 is 2.53 bits per heavy atom. The second-order valence-corrected chi connectivity index (χ2v) is 8.85. The van der Waals surface area contributed by atoms with Crippen molar-refractivity contribution in [2.75, 3.05) is 0 Å². The van der Waals surface area contributed by atoms with E-state index < -0.39 is 0 Å². The fourth-order valence-corrected chi connectivity index (χ4v) is 4.91. The number of Topliss-reactive ketones (excluding diaryl/α,β-unsaturated/α-hetero) is 1. The average molecular weight is 431 g/mol. The van der Waals surface area contributed by atoms with Gasteiger partial charge in [0.2, 0.25) is 0 Å². The van der Waals surface area contributed by atoms with Crippen LogP contribution in [0.4, 0.5) is 0 Å². The normalized spacial score (nSPS) is 17.3. The lowest BCUT2D eigenvalue weighted by atomic mass is 9.95. The Balaban J connectivity index is 1.52. The van der Waals surface area contributed by atoms with Crippen molar-refractivity contribution in [3.63, 3.8) is 0 Å². The van der Waals surface area contributed by atoms with Gasteiger partial charge in [-0.15, -0.1) is 0 Å². The van der Waals surface area contributed by atoms with Crippen molar-refractivity contribution in [2.45, 2.75) is 18.7 Å². The predicted molar refractivity (Wildman–Crippen MR) is 125 cm³/mol. The Hall–Kier alpha value is -2.82. The summed E-state index contributed by atoms with van der Waals surface area (Å²) in [6.07, 6.45) is 0. The molecule has 3 aromatic carbocycles. The van der Waals surface area contributed by atoms with Crippen molar-refractivity contribution in [3.05, 3.63) is 111 Å². The Bertz CT molecular complexity index is 1210. The van der Waals surface area contributed by atoms with Crippen LogP contribution in [0.2, 0.25) is 5.02 Å². The highest BCUT2D eigenvalue weighted by molar-refractivity contribution is 8.13. The predicted octanol–water partition coefficient (Wildman–Crippen LogP) is 6.19. The summed E-state index contributed by atoms with van der Waals surface area (Å²) in [7, 11) is 0. The Morgan fingerprint density at radius 2 is 1.77 bits per heavy atom. The summed E-state index contributed by atoms with van der Waals surface area (Å²) in [6, 6.07) is 23.6. The smallest absolute Gasteiger partial charge is 0.194 e. The number of hydrogen-bond donors (Lipinski definition) is 1. The molecule has 3 aromatic rings. The Kier molecular flexibility index (Phi) is 4.97. The monoisotopic (exact) mass is 430 g/mol. The van der Waals surface area contributed by atoms with Gasteiger partial charge >= 0.3 is 0 Å². The molecule has 0 saturated heterocycles. The molecule has 0 aromatic heterocycles. The maximum Gasteiger partial charge on any atom is 0.194 e. The first-order chi connectivity index (χ1) is 14.6. The highest BCUT2D eigenvalue weighted by Gasteiger charge is 2.38. The molecule has 5 heteroatoms. The van der Waals surface area contributed by atoms with E-state index in [9.17, 15) is 4.79 Å². The number of carbonyl (C=O) groups excluding carboxylic acids is 1. The minimum absolute atomic E-state index is 0.0568. The zero-order chi connectivity index (χ0) is 20.7. The Morgan fingerprint density at radius 1 is 1.00 bits per heavy atom. The maximum absolute atomic E-state index is 13.2. The zero-order valence-electron chi connectivity index (χ0n) is 16.4. The van der Waals surface area contributed by atoms with Crippen molar-refractivity contribution < 1.29 is 4.79 Å². The van der Waals surface area contributed by atoms with Crippen LogP contribution in [-0.2, 0) is 5.75 Å². The molecule has 1 aliphatic carbocycles. The number of benzene rings is 3. The van der Waals surface area contributed by atoms with E-state index in [0.717, 1.165) is 49.5 Å². The number of hydrogen-bond acceptors (Lipinski definition) is 4. The quantitative estimate of drug-likeness (QED) is 0.538. The van der Waals surface area contributed by atoms with Gasteiger partial charge in [0.1, 0.15) is 6.04 Å². The van der Waals surface area contributed by atoms with Crippen LogP contribution < -0.4 is 5.32 Å². The summed E-state index contributed by atoms with van der Waals surface area (Å²) in [5.41, 5.74) is 6.64. The van der Waals surface area contributed by atoms with Gasteiger partial charge in [0.15, 0.2) is 11.0 Å². The van der Waals surface area contributed by atoms with E-state index in [1.165, 1.54) is 5.56 Å². The van der Waals surface area contributed by atoms with E-state index in [1.54, 1.807) is 11.8 Å². The standard InChI is InChI=1S/C25H19ClN2OS/c1-15-9-11-17(12-10-15)22-21-23(19-7-2-3-8-20(19)24(21)29)28-25(27-22)30-14-16-5-4-6-18(26)13-16/h2-13,22H,14H2,1H3,(H,27,28)/t22-/m0/s1. The van der Waals surface area contributed by atoms with Crippen molar-refractivity contribution in [1.29, 1.82) is 0 Å². The van der Waals surface area contributed by atoms with Crippen LogP contribution in [0.1, 0.15) is 38.7 Å². The van der Waals surface area contributed by atoms with Gasteiger partial charge in [-0.1, -0.05) is 89.6 Å². The number of carbonyl (C=O) groups is 1. The molecule has 3 nitrogen and oxygen atoms in total. The van der Waals surface area contributed by atoms with Gasteiger partial charge in [-0.2, -0.15) is 0 Å². The van der Waals surface area contributed by atoms with Crippen LogP contribution in [-0.4, -0.2) is 11.0 Å². The topological polar surface area (TPSA) is 41.5 Å². The van der Waals surface area contributed by atoms with E-state index in [-0.39, 0.29) is 11.8 Å². The number of aliphatic imine (C=N–C) groups is 1. The van der Waals surface area contributed by atoms with Crippen LogP contribution in [0, 0.1) is 6.92 Å². The van der Waals surface area contributed by atoms with Crippen LogP contribution in [0.15, 0.2) is 83.4 Å². The fraction of sp³-hybridized carbons (Fsp3) is 0.120. The summed E-state index contributed by atoms with van der Waals surface area (Å²) in [5.74, 6) is 0.798. The number of aryl methyl sites for hydroxylation is 1. The van der Waals surface area contributed by atoms with Crippen LogP contribution in [0.5, 0.6) is 0 Å². The number of amidine groups is 1. The van der Waals surface area contributed by atoms with Gasteiger partial charge < -0.3 is 5.32 Å². The second kappa shape index (κ2) is 7.78. The fourth-order valence-electron chi connectivity index (χ4n) is 3.86. The summed E-state index contributed by atoms with van der Waals surface area (Å²) in [6.45, 7) is 2.06. The van der Waals surface area contributed by atoms with E-state index in [4.69, 9.17) is 16.6 Å². The molecule has 0 saturated carbocycles. The van der Waals surface area contributed by atoms with Crippen molar-refractivity contribution in [1.82, 2.24) is 5.32 Å². The molecule has 1 heterocycles. The number of thioether (sulfide) groups is 1. The summed E-state index contributed by atoms with van der Waals surface area (Å²) in [4.78, 5) is 18.2. The molecule has 5 rings (SSSR count). The highest BCUT2D eigenvalue weighted by Crippen LogP contribution is 2.43. The van der Waals surface area contributed by atoms with Gasteiger partial charge in [0.25, 0.3) is 0 Å². The molecule has 0 radical (unpaired) electrons. The maximum atomic E-state index is 13.2. The highest BCUT2D eigenvalue weighted by atomic mass is 35.5. The molecular weight excluding hydrogens is 412 g/mol. The Labute approximate surface area is 184 Å². The van der Waals surface area contributed by atoms with Gasteiger partial charge in [-0.05, 0) is 30.2 Å². The molecule has 0 fully saturated rings. The third kappa shape index (κ3) is 3.47. The molecule has 1 N–H and O–H groups in total. The van der Waals surface area contributed by atoms with Crippen molar-refractivity contribution in [3.8, 4) is 0 Å². The van der Waals surface area contributed by atoms with E-state index in [2.05, 4.69) is 42.6 Å². The number of ketones is 1. The van der Waals surface area contributed by atoms with E-state index in [1.807, 2.05) is 42.5 Å². The zero-order valence-corrected chi connectivity index (χ0v) is 17.9. The molecule has 0 spiro atoms. The largest absolute Gasteiger partial charge is 0.334 e. The van der Waals surface area contributed by atoms with Crippen molar-refractivity contribution in [2.24, 2.45) is 4.99 Å². The lowest BCUT2D eigenvalue weighted by Crippen LogP contribution is -2.26. The number of rotatable bonds is 3. The molecule has 1 atom stereocenters. The van der Waals surface area contributed by atoms with Gasteiger partial charge in [-0.3, -0.25) is 4.79 Å². The molecule has 0 unspecified atom stereocenters. The second-order valence-electron chi connectivity index (χ2n) is 7.45. The van der Waals surface area contributed by atoms with E-state index >= 15 is 0 Å². The minimum Gasteiger partial charge on any atom is -0.334 e. The number of nitrogens with one attached hydrogen (secondary N) is 1. The van der Waals surface area contributed by atoms with Crippen LogP contribution in [0.25, 0.3) is 5.70 Å². The molecule has 2 aliphatic rings. The number of halogens is 1. The van der Waals surface area contributed by atoms with Crippen molar-refractivity contribution >= 4 is 40.0 Å². The van der Waals surface area contributed by atoms with E-state index in [0.29, 0.717) is 0 Å². The minimum atomic E-state index is -0.316. The van der Waals surface area contributed by atoms with Crippen LogP contribution in [0.3, 0.4) is 0 Å². The third-order valence-electron chi connectivity index (χ3n) is 5.36. The SMILES string of the molecule is Cc1ccc([C@@H]2N=C(SCc3cccc(Cl)c3)NC3=C2C(=O)c2ccccc23)cc1. The van der Waals surface area contributed by atoms with Crippen LogP contribution >= 0.6 is 23.4 Å². The number of fused-ring (bicyclic) bond motifs is 2. The molecule has 0 bridgehead atoms.